The fourth-order valence-corrected chi connectivity index (χ4v) is 3.96. The Bertz CT molecular complexity index is 1270. The minimum absolute atomic E-state index is 0.153. The summed E-state index contributed by atoms with van der Waals surface area (Å²) in [6.45, 7) is 6.51. The fourth-order valence-electron chi connectivity index (χ4n) is 3.96. The largest absolute Gasteiger partial charge is 0.232 e. The molecule has 2 heteroatoms. The lowest BCUT2D eigenvalue weighted by Gasteiger charge is -2.20. The molecule has 0 bridgehead atoms. The molecule has 0 fully saturated rings. The van der Waals surface area contributed by atoms with Crippen molar-refractivity contribution in [3.63, 3.8) is 0 Å². The van der Waals surface area contributed by atoms with Crippen molar-refractivity contribution in [3.8, 4) is 22.5 Å². The number of hydrogen-bond acceptors (Lipinski definition) is 2. The van der Waals surface area contributed by atoms with E-state index in [4.69, 9.17) is 9.97 Å². The smallest absolute Gasteiger partial charge is 0.135 e. The van der Waals surface area contributed by atoms with Crippen LogP contribution in [0.4, 0.5) is 0 Å². The summed E-state index contributed by atoms with van der Waals surface area (Å²) in [4.78, 5) is 10.0. The summed E-state index contributed by atoms with van der Waals surface area (Å²) in [6.07, 6.45) is 0. The zero-order valence-electron chi connectivity index (χ0n) is 17.6. The molecule has 0 amide bonds. The molecule has 0 aliphatic heterocycles. The van der Waals surface area contributed by atoms with E-state index in [9.17, 15) is 0 Å². The van der Waals surface area contributed by atoms with Crippen LogP contribution in [-0.4, -0.2) is 9.97 Å². The van der Waals surface area contributed by atoms with Gasteiger partial charge in [0.05, 0.1) is 11.4 Å². The minimum Gasteiger partial charge on any atom is -0.232 e. The third-order valence-corrected chi connectivity index (χ3v) is 5.53. The van der Waals surface area contributed by atoms with Crippen LogP contribution in [0.5, 0.6) is 0 Å². The summed E-state index contributed by atoms with van der Waals surface area (Å²) in [5, 5.41) is 4.86. The van der Waals surface area contributed by atoms with E-state index in [1.807, 2.05) is 0 Å². The zero-order valence-corrected chi connectivity index (χ0v) is 17.6. The molecular weight excluding hydrogens is 364 g/mol. The molecule has 0 atom stereocenters. The lowest BCUT2D eigenvalue weighted by Crippen LogP contribution is -2.17. The maximum atomic E-state index is 5.02. The van der Waals surface area contributed by atoms with Crippen LogP contribution in [0.1, 0.15) is 26.6 Å². The van der Waals surface area contributed by atoms with E-state index in [2.05, 4.69) is 112 Å². The first kappa shape index (κ1) is 18.5. The van der Waals surface area contributed by atoms with Crippen LogP contribution >= 0.6 is 0 Å². The summed E-state index contributed by atoms with van der Waals surface area (Å²) in [6, 6.07) is 31.9. The van der Waals surface area contributed by atoms with E-state index in [0.717, 1.165) is 28.3 Å². The predicted octanol–water partition coefficient (Wildman–Crippen LogP) is 7.41. The van der Waals surface area contributed by atoms with Crippen molar-refractivity contribution in [2.24, 2.45) is 0 Å². The van der Waals surface area contributed by atoms with Gasteiger partial charge in [0.15, 0.2) is 0 Å². The van der Waals surface area contributed by atoms with Crippen LogP contribution in [0.25, 0.3) is 44.1 Å². The highest BCUT2D eigenvalue weighted by molar-refractivity contribution is 5.98. The highest BCUT2D eigenvalue weighted by Crippen LogP contribution is 2.34. The third kappa shape index (κ3) is 3.25. The Hall–Kier alpha value is -3.52. The number of nitrogens with zero attached hydrogens (tertiary/aromatic N) is 2. The van der Waals surface area contributed by atoms with Gasteiger partial charge in [-0.2, -0.15) is 0 Å². The first-order valence-corrected chi connectivity index (χ1v) is 10.4. The van der Waals surface area contributed by atoms with E-state index in [0.29, 0.717) is 0 Å². The maximum absolute atomic E-state index is 5.02. The number of benzene rings is 4. The molecule has 30 heavy (non-hydrogen) atoms. The van der Waals surface area contributed by atoms with Crippen molar-refractivity contribution in [2.45, 2.75) is 26.2 Å². The van der Waals surface area contributed by atoms with Crippen LogP contribution in [-0.2, 0) is 5.41 Å². The molecule has 0 unspecified atom stereocenters. The first-order chi connectivity index (χ1) is 14.5. The van der Waals surface area contributed by atoms with Gasteiger partial charge in [0.1, 0.15) is 5.82 Å². The molecule has 2 nitrogen and oxygen atoms in total. The molecule has 0 aliphatic rings. The van der Waals surface area contributed by atoms with Gasteiger partial charge >= 0.3 is 0 Å². The van der Waals surface area contributed by atoms with Gasteiger partial charge in [-0.15, -0.1) is 0 Å². The van der Waals surface area contributed by atoms with Crippen molar-refractivity contribution < 1.29 is 0 Å². The summed E-state index contributed by atoms with van der Waals surface area (Å²) >= 11 is 0. The molecule has 1 heterocycles. The van der Waals surface area contributed by atoms with Gasteiger partial charge in [-0.3, -0.25) is 0 Å². The molecule has 1 aromatic heterocycles. The number of hydrogen-bond donors (Lipinski definition) is 0. The molecule has 146 valence electrons. The van der Waals surface area contributed by atoms with Crippen molar-refractivity contribution in [3.05, 3.63) is 96.8 Å². The Morgan fingerprint density at radius 3 is 1.43 bits per heavy atom. The normalized spacial score (nSPS) is 11.8. The van der Waals surface area contributed by atoms with E-state index in [1.54, 1.807) is 0 Å². The molecule has 0 saturated heterocycles. The second kappa shape index (κ2) is 7.07. The highest BCUT2D eigenvalue weighted by atomic mass is 14.9. The first-order valence-electron chi connectivity index (χ1n) is 10.4. The van der Waals surface area contributed by atoms with Crippen molar-refractivity contribution in [2.75, 3.05) is 0 Å². The quantitative estimate of drug-likeness (QED) is 0.314. The van der Waals surface area contributed by atoms with E-state index < -0.39 is 0 Å². The molecule has 4 aromatic carbocycles. The third-order valence-electron chi connectivity index (χ3n) is 5.53. The Kier molecular flexibility index (Phi) is 4.36. The van der Waals surface area contributed by atoms with Crippen LogP contribution in [0.15, 0.2) is 91.0 Å². The summed E-state index contributed by atoms with van der Waals surface area (Å²) < 4.78 is 0. The molecule has 0 saturated carbocycles. The summed E-state index contributed by atoms with van der Waals surface area (Å²) in [5.41, 5.74) is 4.06. The predicted molar refractivity (Wildman–Crippen MR) is 127 cm³/mol. The average molecular weight is 389 g/mol. The van der Waals surface area contributed by atoms with Crippen molar-refractivity contribution in [1.82, 2.24) is 9.97 Å². The Morgan fingerprint density at radius 2 is 0.967 bits per heavy atom. The van der Waals surface area contributed by atoms with Crippen molar-refractivity contribution in [1.29, 1.82) is 0 Å². The highest BCUT2D eigenvalue weighted by Gasteiger charge is 2.21. The second-order valence-electron chi connectivity index (χ2n) is 8.77. The molecule has 0 spiro atoms. The van der Waals surface area contributed by atoms with E-state index in [1.165, 1.54) is 21.5 Å². The molecule has 5 aromatic rings. The maximum Gasteiger partial charge on any atom is 0.135 e. The number of fused-ring (bicyclic) bond motifs is 2. The lowest BCUT2D eigenvalue weighted by atomic mass is 9.93. The van der Waals surface area contributed by atoms with Gasteiger partial charge in [0.25, 0.3) is 0 Å². The SMILES string of the molecule is CC(C)(C)c1nc(-c2cccc3ccccc23)cc(-c2cccc3ccccc23)n1. The van der Waals surface area contributed by atoms with Crippen LogP contribution in [0.3, 0.4) is 0 Å². The van der Waals surface area contributed by atoms with Gasteiger partial charge in [-0.25, -0.2) is 9.97 Å². The van der Waals surface area contributed by atoms with Crippen molar-refractivity contribution >= 4 is 21.5 Å². The number of rotatable bonds is 2. The topological polar surface area (TPSA) is 25.8 Å². The molecular formula is C28H24N2. The monoisotopic (exact) mass is 388 g/mol. The van der Waals surface area contributed by atoms with E-state index >= 15 is 0 Å². The zero-order chi connectivity index (χ0) is 20.7. The minimum atomic E-state index is -0.153. The van der Waals surface area contributed by atoms with Gasteiger partial charge < -0.3 is 0 Å². The Morgan fingerprint density at radius 1 is 0.533 bits per heavy atom. The lowest BCUT2D eigenvalue weighted by molar-refractivity contribution is 0.547. The van der Waals surface area contributed by atoms with Gasteiger partial charge in [-0.05, 0) is 27.6 Å². The van der Waals surface area contributed by atoms with Gasteiger partial charge in [0.2, 0.25) is 0 Å². The average Bonchev–Trinajstić information content (AvgIpc) is 2.77. The fraction of sp³-hybridized carbons (Fsp3) is 0.143. The molecule has 0 radical (unpaired) electrons. The van der Waals surface area contributed by atoms with Gasteiger partial charge in [0, 0.05) is 16.5 Å². The molecule has 0 N–H and O–H groups in total. The number of aromatic nitrogens is 2. The molecule has 0 aliphatic carbocycles. The van der Waals surface area contributed by atoms with Crippen LogP contribution in [0.2, 0.25) is 0 Å². The molecule has 5 rings (SSSR count). The standard InChI is InChI=1S/C28H24N2/c1-28(2,3)27-29-25(23-16-8-12-19-10-4-6-14-21(19)23)18-26(30-27)24-17-9-13-20-11-5-7-15-22(20)24/h4-18H,1-3H3. The second-order valence-corrected chi connectivity index (χ2v) is 8.77. The van der Waals surface area contributed by atoms with Crippen LogP contribution in [0, 0.1) is 0 Å². The Labute approximate surface area is 177 Å². The van der Waals surface area contributed by atoms with Crippen LogP contribution < -0.4 is 0 Å². The Balaban J connectivity index is 1.81. The van der Waals surface area contributed by atoms with Gasteiger partial charge in [-0.1, -0.05) is 106 Å². The summed E-state index contributed by atoms with van der Waals surface area (Å²) in [7, 11) is 0. The van der Waals surface area contributed by atoms with E-state index in [-0.39, 0.29) is 5.41 Å². The summed E-state index contributed by atoms with van der Waals surface area (Å²) in [5.74, 6) is 0.857.